The zero-order valence-corrected chi connectivity index (χ0v) is 9.14. The molecule has 1 N–H and O–H groups in total. The van der Waals surface area contributed by atoms with E-state index in [0.717, 1.165) is 25.7 Å². The van der Waals surface area contributed by atoms with Gasteiger partial charge in [-0.2, -0.15) is 0 Å². The highest BCUT2D eigenvalue weighted by Gasteiger charge is 2.45. The molecule has 0 aromatic heterocycles. The van der Waals surface area contributed by atoms with Crippen LogP contribution >= 0.6 is 0 Å². The first-order valence-electron chi connectivity index (χ1n) is 5.76. The van der Waals surface area contributed by atoms with Gasteiger partial charge >= 0.3 is 0 Å². The first-order valence-corrected chi connectivity index (χ1v) is 5.76. The third-order valence-electron chi connectivity index (χ3n) is 3.91. The van der Waals surface area contributed by atoms with E-state index >= 15 is 0 Å². The monoisotopic (exact) mass is 219 g/mol. The minimum atomic E-state index is -2.27. The van der Waals surface area contributed by atoms with Crippen molar-refractivity contribution in [1.29, 1.82) is 0 Å². The summed E-state index contributed by atoms with van der Waals surface area (Å²) in [6.07, 6.45) is 2.61. The Morgan fingerprint density at radius 2 is 2.13 bits per heavy atom. The fourth-order valence-electron chi connectivity index (χ4n) is 2.86. The quantitative estimate of drug-likeness (QED) is 0.785. The summed E-state index contributed by atoms with van der Waals surface area (Å²) in [6, 6.07) is -0.661. The molecule has 1 spiro atoms. The van der Waals surface area contributed by atoms with Gasteiger partial charge < -0.3 is 10.1 Å². The van der Waals surface area contributed by atoms with Gasteiger partial charge in [0.25, 0.3) is 6.43 Å². The summed E-state index contributed by atoms with van der Waals surface area (Å²) in [5.74, 6) is 0.0732. The lowest BCUT2D eigenvalue weighted by molar-refractivity contribution is -0.152. The Kier molecular flexibility index (Phi) is 3.26. The highest BCUT2D eigenvalue weighted by molar-refractivity contribution is 4.96. The van der Waals surface area contributed by atoms with Gasteiger partial charge in [0.1, 0.15) is 0 Å². The van der Waals surface area contributed by atoms with E-state index in [1.165, 1.54) is 6.42 Å². The van der Waals surface area contributed by atoms with Crippen LogP contribution < -0.4 is 5.32 Å². The molecule has 0 radical (unpaired) electrons. The molecule has 88 valence electrons. The zero-order valence-electron chi connectivity index (χ0n) is 9.14. The molecule has 1 aliphatic heterocycles. The van der Waals surface area contributed by atoms with E-state index in [-0.39, 0.29) is 11.5 Å². The minimum Gasteiger partial charge on any atom is -0.375 e. The predicted molar refractivity (Wildman–Crippen MR) is 54.1 cm³/mol. The number of halogens is 2. The fourth-order valence-corrected chi connectivity index (χ4v) is 2.86. The molecular weight excluding hydrogens is 200 g/mol. The molecule has 2 fully saturated rings. The lowest BCUT2D eigenvalue weighted by atomic mass is 9.70. The molecule has 0 amide bonds. The third-order valence-corrected chi connectivity index (χ3v) is 3.91. The van der Waals surface area contributed by atoms with Gasteiger partial charge in [0.2, 0.25) is 0 Å². The van der Waals surface area contributed by atoms with Gasteiger partial charge in [-0.3, -0.25) is 0 Å². The van der Waals surface area contributed by atoms with E-state index in [4.69, 9.17) is 4.74 Å². The van der Waals surface area contributed by atoms with Gasteiger partial charge in [0.15, 0.2) is 0 Å². The van der Waals surface area contributed by atoms with Gasteiger partial charge in [-0.1, -0.05) is 0 Å². The van der Waals surface area contributed by atoms with Crippen molar-refractivity contribution in [3.63, 3.8) is 0 Å². The molecule has 4 heteroatoms. The molecule has 2 nitrogen and oxygen atoms in total. The molecule has 1 heterocycles. The van der Waals surface area contributed by atoms with Crippen molar-refractivity contribution in [2.45, 2.75) is 50.2 Å². The van der Waals surface area contributed by atoms with Crippen LogP contribution in [0.2, 0.25) is 0 Å². The maximum Gasteiger partial charge on any atom is 0.253 e. The average Bonchev–Trinajstić information content (AvgIpc) is 2.16. The number of rotatable bonds is 3. The number of nitrogens with one attached hydrogen (secondary N) is 1. The lowest BCUT2D eigenvalue weighted by Gasteiger charge is -2.48. The molecule has 1 aliphatic carbocycles. The topological polar surface area (TPSA) is 21.3 Å². The van der Waals surface area contributed by atoms with Gasteiger partial charge in [0, 0.05) is 6.61 Å². The van der Waals surface area contributed by atoms with Gasteiger partial charge in [-0.15, -0.1) is 0 Å². The van der Waals surface area contributed by atoms with E-state index in [0.29, 0.717) is 6.61 Å². The summed E-state index contributed by atoms with van der Waals surface area (Å²) in [5, 5.41) is 2.75. The van der Waals surface area contributed by atoms with Crippen LogP contribution in [-0.4, -0.2) is 31.7 Å². The molecule has 2 rings (SSSR count). The third kappa shape index (κ3) is 2.16. The van der Waals surface area contributed by atoms with Crippen molar-refractivity contribution in [3.8, 4) is 0 Å². The first-order chi connectivity index (χ1) is 7.17. The van der Waals surface area contributed by atoms with E-state index in [9.17, 15) is 8.78 Å². The second-order valence-corrected chi connectivity index (χ2v) is 4.79. The zero-order chi connectivity index (χ0) is 10.9. The second-order valence-electron chi connectivity index (χ2n) is 4.79. The Morgan fingerprint density at radius 1 is 1.40 bits per heavy atom. The molecule has 0 aromatic rings. The number of hydrogen-bond donors (Lipinski definition) is 1. The molecule has 2 aliphatic rings. The number of hydrogen-bond acceptors (Lipinski definition) is 2. The van der Waals surface area contributed by atoms with Crippen molar-refractivity contribution in [3.05, 3.63) is 0 Å². The highest BCUT2D eigenvalue weighted by Crippen LogP contribution is 2.45. The molecule has 2 atom stereocenters. The van der Waals surface area contributed by atoms with Crippen LogP contribution in [-0.2, 0) is 4.74 Å². The predicted octanol–water partition coefficient (Wildman–Crippen LogP) is 2.19. The summed E-state index contributed by atoms with van der Waals surface area (Å²) in [7, 11) is 1.62. The fraction of sp³-hybridized carbons (Fsp3) is 1.00. The molecule has 15 heavy (non-hydrogen) atoms. The second kappa shape index (κ2) is 4.34. The van der Waals surface area contributed by atoms with Crippen molar-refractivity contribution < 1.29 is 13.5 Å². The highest BCUT2D eigenvalue weighted by atomic mass is 19.3. The average molecular weight is 219 g/mol. The standard InChI is InChI=1S/C11H19F2NO/c1-14-9(10(12)13)8-3-6-15-11(7-8)4-2-5-11/h8-10,14H,2-7H2,1H3. The number of ether oxygens (including phenoxy) is 1. The van der Waals surface area contributed by atoms with Crippen LogP contribution in [0, 0.1) is 5.92 Å². The van der Waals surface area contributed by atoms with E-state index in [1.807, 2.05) is 0 Å². The maximum atomic E-state index is 12.8. The Labute approximate surface area is 89.4 Å². The first kappa shape index (κ1) is 11.3. The molecule has 1 saturated heterocycles. The molecule has 0 bridgehead atoms. The van der Waals surface area contributed by atoms with Crippen LogP contribution in [0.25, 0.3) is 0 Å². The minimum absolute atomic E-state index is 0.0348. The SMILES string of the molecule is CNC(C(F)F)C1CCOC2(CCC2)C1. The molecular formula is C11H19F2NO. The van der Waals surface area contributed by atoms with E-state index in [2.05, 4.69) is 5.32 Å². The van der Waals surface area contributed by atoms with Gasteiger partial charge in [0.05, 0.1) is 11.6 Å². The van der Waals surface area contributed by atoms with E-state index < -0.39 is 12.5 Å². The summed E-state index contributed by atoms with van der Waals surface area (Å²) < 4.78 is 31.2. The Balaban J connectivity index is 1.96. The van der Waals surface area contributed by atoms with Crippen molar-refractivity contribution in [2.75, 3.05) is 13.7 Å². The summed E-state index contributed by atoms with van der Waals surface area (Å²) in [5.41, 5.74) is -0.0348. The normalized spacial score (nSPS) is 31.6. The van der Waals surface area contributed by atoms with Crippen LogP contribution in [0.3, 0.4) is 0 Å². The van der Waals surface area contributed by atoms with Crippen molar-refractivity contribution in [1.82, 2.24) is 5.32 Å². The smallest absolute Gasteiger partial charge is 0.253 e. The summed E-state index contributed by atoms with van der Waals surface area (Å²) in [4.78, 5) is 0. The van der Waals surface area contributed by atoms with Crippen molar-refractivity contribution in [2.24, 2.45) is 5.92 Å². The van der Waals surface area contributed by atoms with Crippen LogP contribution in [0.15, 0.2) is 0 Å². The Morgan fingerprint density at radius 3 is 2.60 bits per heavy atom. The van der Waals surface area contributed by atoms with Crippen LogP contribution in [0.1, 0.15) is 32.1 Å². The Bertz CT molecular complexity index is 219. The molecule has 0 aromatic carbocycles. The van der Waals surface area contributed by atoms with Gasteiger partial charge in [-0.05, 0) is 45.1 Å². The van der Waals surface area contributed by atoms with Crippen LogP contribution in [0.4, 0.5) is 8.78 Å². The van der Waals surface area contributed by atoms with Crippen molar-refractivity contribution >= 4 is 0 Å². The van der Waals surface area contributed by atoms with E-state index in [1.54, 1.807) is 7.05 Å². The lowest BCUT2D eigenvalue weighted by Crippen LogP contribution is -2.51. The maximum absolute atomic E-state index is 12.8. The van der Waals surface area contributed by atoms with Crippen LogP contribution in [0.5, 0.6) is 0 Å². The van der Waals surface area contributed by atoms with Gasteiger partial charge in [-0.25, -0.2) is 8.78 Å². The number of alkyl halides is 2. The summed E-state index contributed by atoms with van der Waals surface area (Å²) in [6.45, 7) is 0.648. The Hall–Kier alpha value is -0.220. The largest absolute Gasteiger partial charge is 0.375 e. The molecule has 2 unspecified atom stereocenters. The molecule has 1 saturated carbocycles. The summed E-state index contributed by atoms with van der Waals surface area (Å²) >= 11 is 0.